The van der Waals surface area contributed by atoms with Crippen molar-refractivity contribution >= 4 is 22.9 Å². The minimum atomic E-state index is -1.16. The van der Waals surface area contributed by atoms with Gasteiger partial charge >= 0.3 is 5.97 Å². The first-order chi connectivity index (χ1) is 11.9. The lowest BCUT2D eigenvalue weighted by Gasteiger charge is -2.08. The Morgan fingerprint density at radius 1 is 0.920 bits per heavy atom. The molecule has 2 rings (SSSR count). The van der Waals surface area contributed by atoms with Crippen molar-refractivity contribution in [2.45, 2.75) is 0 Å². The third-order valence-corrected chi connectivity index (χ3v) is 3.24. The molecule has 8 nitrogen and oxygen atoms in total. The number of carbonyl (C=O) groups is 1. The highest BCUT2D eigenvalue weighted by atomic mass is 16.6. The van der Waals surface area contributed by atoms with Gasteiger partial charge in [0.2, 0.25) is 0 Å². The second kappa shape index (κ2) is 7.64. The van der Waals surface area contributed by atoms with Gasteiger partial charge in [-0.1, -0.05) is 36.4 Å². The zero-order valence-corrected chi connectivity index (χ0v) is 12.7. The molecule has 2 aromatic rings. The lowest BCUT2D eigenvalue weighted by atomic mass is 9.96. The molecule has 8 heteroatoms. The standard InChI is InChI=1S/C17H12N2O6/c20-17(21)9-3-8-16(12-4-1-6-14(10-12)18(22)23)13-5-2-7-15(11-13)19(24)25/h1-11H,(H,20,21). The molecule has 0 fully saturated rings. The van der Waals surface area contributed by atoms with Crippen molar-refractivity contribution in [2.75, 3.05) is 0 Å². The van der Waals surface area contributed by atoms with Gasteiger partial charge in [0.05, 0.1) is 9.85 Å². The number of rotatable bonds is 6. The van der Waals surface area contributed by atoms with E-state index in [2.05, 4.69) is 0 Å². The average molecular weight is 340 g/mol. The van der Waals surface area contributed by atoms with Gasteiger partial charge in [0.25, 0.3) is 11.4 Å². The number of hydrogen-bond acceptors (Lipinski definition) is 5. The number of nitro benzene ring substituents is 2. The predicted molar refractivity (Wildman–Crippen MR) is 90.0 cm³/mol. The van der Waals surface area contributed by atoms with Crippen LogP contribution in [0, 0.1) is 20.2 Å². The Morgan fingerprint density at radius 3 is 1.80 bits per heavy atom. The Bertz CT molecular complexity index is 842. The van der Waals surface area contributed by atoms with Gasteiger partial charge in [-0.3, -0.25) is 20.2 Å². The van der Waals surface area contributed by atoms with E-state index in [1.165, 1.54) is 48.6 Å². The second-order valence-electron chi connectivity index (χ2n) is 4.89. The van der Waals surface area contributed by atoms with Crippen LogP contribution >= 0.6 is 0 Å². The van der Waals surface area contributed by atoms with Crippen LogP contribution in [0.5, 0.6) is 0 Å². The first kappa shape index (κ1) is 17.5. The third-order valence-electron chi connectivity index (χ3n) is 3.24. The van der Waals surface area contributed by atoms with Crippen molar-refractivity contribution in [1.29, 1.82) is 0 Å². The molecule has 126 valence electrons. The normalized spacial score (nSPS) is 10.4. The maximum absolute atomic E-state index is 11.0. The molecular weight excluding hydrogens is 328 g/mol. The molecule has 1 N–H and O–H groups in total. The largest absolute Gasteiger partial charge is 0.478 e. The Hall–Kier alpha value is -3.81. The van der Waals surface area contributed by atoms with Crippen molar-refractivity contribution in [3.05, 3.63) is 98.1 Å². The number of non-ortho nitro benzene ring substituents is 2. The molecule has 0 amide bonds. The molecule has 0 atom stereocenters. The molecule has 0 heterocycles. The molecule has 0 saturated heterocycles. The van der Waals surface area contributed by atoms with Crippen molar-refractivity contribution in [3.8, 4) is 0 Å². The van der Waals surface area contributed by atoms with E-state index >= 15 is 0 Å². The van der Waals surface area contributed by atoms with Gasteiger partial charge in [0, 0.05) is 30.3 Å². The van der Waals surface area contributed by atoms with E-state index < -0.39 is 15.8 Å². The van der Waals surface area contributed by atoms with Gasteiger partial charge in [-0.05, 0) is 16.7 Å². The predicted octanol–water partition coefficient (Wildman–Crippen LogP) is 3.58. The van der Waals surface area contributed by atoms with Crippen LogP contribution in [0.1, 0.15) is 11.1 Å². The number of nitrogens with zero attached hydrogens (tertiary/aromatic N) is 2. The molecular formula is C17H12N2O6. The van der Waals surface area contributed by atoms with E-state index in [1.807, 2.05) is 0 Å². The number of carboxylic acids is 1. The molecule has 0 spiro atoms. The summed E-state index contributed by atoms with van der Waals surface area (Å²) in [5.41, 5.74) is 1.01. The minimum Gasteiger partial charge on any atom is -0.478 e. The minimum absolute atomic E-state index is 0.143. The summed E-state index contributed by atoms with van der Waals surface area (Å²) in [5.74, 6) is -1.16. The van der Waals surface area contributed by atoms with Crippen molar-refractivity contribution in [3.63, 3.8) is 0 Å². The van der Waals surface area contributed by atoms with Crippen molar-refractivity contribution < 1.29 is 19.7 Å². The number of hydrogen-bond donors (Lipinski definition) is 1. The van der Waals surface area contributed by atoms with Gasteiger partial charge in [0.1, 0.15) is 0 Å². The number of nitro groups is 2. The maximum atomic E-state index is 11.0. The molecule has 0 unspecified atom stereocenters. The molecule has 0 aliphatic rings. The summed E-state index contributed by atoms with van der Waals surface area (Å²) < 4.78 is 0. The van der Waals surface area contributed by atoms with E-state index in [9.17, 15) is 25.0 Å². The SMILES string of the molecule is O=C(O)C=CC=C(c1cccc([N+](=O)[O-])c1)c1cccc([N+](=O)[O-])c1. The zero-order valence-electron chi connectivity index (χ0n) is 12.7. The Morgan fingerprint density at radius 2 is 1.40 bits per heavy atom. The molecule has 0 bridgehead atoms. The smallest absolute Gasteiger partial charge is 0.328 e. The van der Waals surface area contributed by atoms with E-state index in [4.69, 9.17) is 5.11 Å². The quantitative estimate of drug-likeness (QED) is 0.371. The monoisotopic (exact) mass is 340 g/mol. The Labute approximate surface area is 141 Å². The maximum Gasteiger partial charge on any atom is 0.328 e. The van der Waals surface area contributed by atoms with Gasteiger partial charge in [-0.2, -0.15) is 0 Å². The van der Waals surface area contributed by atoms with E-state index in [0.717, 1.165) is 6.08 Å². The van der Waals surface area contributed by atoms with Gasteiger partial charge in [0.15, 0.2) is 0 Å². The van der Waals surface area contributed by atoms with Crippen LogP contribution in [0.3, 0.4) is 0 Å². The first-order valence-electron chi connectivity index (χ1n) is 6.99. The topological polar surface area (TPSA) is 124 Å². The van der Waals surface area contributed by atoms with Crippen molar-refractivity contribution in [1.82, 2.24) is 0 Å². The highest BCUT2D eigenvalue weighted by Gasteiger charge is 2.13. The lowest BCUT2D eigenvalue weighted by Crippen LogP contribution is -1.94. The van der Waals surface area contributed by atoms with Crippen LogP contribution in [0.25, 0.3) is 5.57 Å². The molecule has 2 aromatic carbocycles. The molecule has 0 radical (unpaired) electrons. The van der Waals surface area contributed by atoms with Crippen LogP contribution in [-0.4, -0.2) is 20.9 Å². The summed E-state index contributed by atoms with van der Waals surface area (Å²) in [6.07, 6.45) is 3.59. The Balaban J connectivity index is 2.60. The zero-order chi connectivity index (χ0) is 18.4. The fourth-order valence-corrected chi connectivity index (χ4v) is 2.16. The summed E-state index contributed by atoms with van der Waals surface area (Å²) in [7, 11) is 0. The fraction of sp³-hybridized carbons (Fsp3) is 0. The molecule has 0 aromatic heterocycles. The number of carboxylic acid groups (broad SMARTS) is 1. The van der Waals surface area contributed by atoms with Crippen LogP contribution in [0.4, 0.5) is 11.4 Å². The highest BCUT2D eigenvalue weighted by Crippen LogP contribution is 2.28. The lowest BCUT2D eigenvalue weighted by molar-refractivity contribution is -0.385. The number of benzene rings is 2. The molecule has 0 aliphatic carbocycles. The average Bonchev–Trinajstić information content (AvgIpc) is 2.58. The van der Waals surface area contributed by atoms with Crippen LogP contribution in [0.15, 0.2) is 66.8 Å². The van der Waals surface area contributed by atoms with Gasteiger partial charge < -0.3 is 5.11 Å². The van der Waals surface area contributed by atoms with Crippen LogP contribution < -0.4 is 0 Å². The summed E-state index contributed by atoms with van der Waals surface area (Å²) in [6, 6.07) is 11.5. The Kier molecular flexibility index (Phi) is 5.36. The van der Waals surface area contributed by atoms with Gasteiger partial charge in [-0.25, -0.2) is 4.79 Å². The van der Waals surface area contributed by atoms with Crippen molar-refractivity contribution in [2.24, 2.45) is 0 Å². The number of allylic oxidation sites excluding steroid dienone is 2. The van der Waals surface area contributed by atoms with Crippen LogP contribution in [0.2, 0.25) is 0 Å². The number of aliphatic carboxylic acids is 1. The van der Waals surface area contributed by atoms with Crippen LogP contribution in [-0.2, 0) is 4.79 Å². The molecule has 0 saturated carbocycles. The molecule has 0 aliphatic heterocycles. The summed E-state index contributed by atoms with van der Waals surface area (Å²) >= 11 is 0. The molecule has 25 heavy (non-hydrogen) atoms. The first-order valence-corrected chi connectivity index (χ1v) is 6.99. The fourth-order valence-electron chi connectivity index (χ4n) is 2.16. The summed E-state index contributed by atoms with van der Waals surface area (Å²) in [5, 5.41) is 30.6. The van der Waals surface area contributed by atoms with E-state index in [0.29, 0.717) is 16.7 Å². The van der Waals surface area contributed by atoms with E-state index in [-0.39, 0.29) is 11.4 Å². The van der Waals surface area contributed by atoms with E-state index in [1.54, 1.807) is 12.1 Å². The van der Waals surface area contributed by atoms with Gasteiger partial charge in [-0.15, -0.1) is 0 Å². The third kappa shape index (κ3) is 4.58. The summed E-state index contributed by atoms with van der Waals surface area (Å²) in [6.45, 7) is 0. The summed E-state index contributed by atoms with van der Waals surface area (Å²) in [4.78, 5) is 31.5. The second-order valence-corrected chi connectivity index (χ2v) is 4.89. The highest BCUT2D eigenvalue weighted by molar-refractivity contribution is 5.84.